The molecular formula is C14H8BrNO2. The second-order valence-corrected chi connectivity index (χ2v) is 4.77. The van der Waals surface area contributed by atoms with E-state index in [1.54, 1.807) is 0 Å². The third-order valence-corrected chi connectivity index (χ3v) is 3.74. The lowest BCUT2D eigenvalue weighted by Gasteiger charge is -2.00. The zero-order chi connectivity index (χ0) is 12.7. The van der Waals surface area contributed by atoms with E-state index in [9.17, 15) is 10.1 Å². The molecule has 0 aliphatic heterocycles. The molecule has 0 heterocycles. The van der Waals surface area contributed by atoms with Crippen molar-refractivity contribution in [2.24, 2.45) is 0 Å². The molecular weight excluding hydrogens is 294 g/mol. The summed E-state index contributed by atoms with van der Waals surface area (Å²) < 4.78 is 0.0138. The predicted octanol–water partition coefficient (Wildman–Crippen LogP) is 4.06. The fraction of sp³-hybridized carbons (Fsp3) is 0. The standard InChI is InChI=1S/C14H8BrNO2/c15-14(16(17)18)13-11-7-3-1-5-9(11)10-6-2-4-8-12(10)13/h1-8H. The third-order valence-electron chi connectivity index (χ3n) is 3.05. The van der Waals surface area contributed by atoms with E-state index in [1.165, 1.54) is 0 Å². The van der Waals surface area contributed by atoms with Gasteiger partial charge in [0.25, 0.3) is 0 Å². The summed E-state index contributed by atoms with van der Waals surface area (Å²) in [6.45, 7) is 0. The second-order valence-electron chi connectivity index (χ2n) is 4.01. The lowest BCUT2D eigenvalue weighted by atomic mass is 10.1. The average Bonchev–Trinajstić information content (AvgIpc) is 2.72. The van der Waals surface area contributed by atoms with Crippen LogP contribution in [0.15, 0.2) is 53.1 Å². The lowest BCUT2D eigenvalue weighted by molar-refractivity contribution is -0.407. The van der Waals surface area contributed by atoms with Crippen molar-refractivity contribution in [3.8, 4) is 11.1 Å². The van der Waals surface area contributed by atoms with Crippen molar-refractivity contribution < 1.29 is 4.92 Å². The van der Waals surface area contributed by atoms with Gasteiger partial charge in [-0.2, -0.15) is 0 Å². The molecule has 0 fully saturated rings. The van der Waals surface area contributed by atoms with Gasteiger partial charge in [0, 0.05) is 15.9 Å². The predicted molar refractivity (Wildman–Crippen MR) is 73.8 cm³/mol. The molecule has 3 nitrogen and oxygen atoms in total. The Labute approximate surface area is 112 Å². The van der Waals surface area contributed by atoms with E-state index in [1.807, 2.05) is 48.5 Å². The van der Waals surface area contributed by atoms with Crippen LogP contribution >= 0.6 is 15.9 Å². The Morgan fingerprint density at radius 1 is 0.889 bits per heavy atom. The highest BCUT2D eigenvalue weighted by molar-refractivity contribution is 9.11. The van der Waals surface area contributed by atoms with Crippen molar-refractivity contribution in [3.05, 3.63) is 74.4 Å². The van der Waals surface area contributed by atoms with E-state index >= 15 is 0 Å². The molecule has 2 aromatic carbocycles. The number of halogens is 1. The zero-order valence-corrected chi connectivity index (χ0v) is 10.8. The third kappa shape index (κ3) is 1.49. The average molecular weight is 302 g/mol. The molecule has 0 N–H and O–H groups in total. The minimum atomic E-state index is -0.395. The van der Waals surface area contributed by atoms with Crippen LogP contribution in [0.4, 0.5) is 0 Å². The van der Waals surface area contributed by atoms with Gasteiger partial charge in [-0.25, -0.2) is 0 Å². The number of rotatable bonds is 1. The highest BCUT2D eigenvalue weighted by Gasteiger charge is 2.29. The summed E-state index contributed by atoms with van der Waals surface area (Å²) in [6.07, 6.45) is 0. The number of benzene rings is 2. The van der Waals surface area contributed by atoms with Crippen molar-refractivity contribution in [1.29, 1.82) is 0 Å². The largest absolute Gasteiger partial charge is 0.319 e. The molecule has 0 spiro atoms. The van der Waals surface area contributed by atoms with Gasteiger partial charge in [0.2, 0.25) is 0 Å². The Hall–Kier alpha value is -1.94. The first-order valence-corrected chi connectivity index (χ1v) is 6.23. The number of hydrogen-bond acceptors (Lipinski definition) is 2. The highest BCUT2D eigenvalue weighted by Crippen LogP contribution is 2.46. The van der Waals surface area contributed by atoms with Crippen LogP contribution in [0, 0.1) is 10.1 Å². The quantitative estimate of drug-likeness (QED) is 0.386. The van der Waals surface area contributed by atoms with Gasteiger partial charge in [-0.15, -0.1) is 0 Å². The van der Waals surface area contributed by atoms with Gasteiger partial charge in [0.15, 0.2) is 0 Å². The smallest absolute Gasteiger partial charge is 0.258 e. The fourth-order valence-corrected chi connectivity index (χ4v) is 2.76. The summed E-state index contributed by atoms with van der Waals surface area (Å²) in [6, 6.07) is 15.5. The number of hydrogen-bond donors (Lipinski definition) is 0. The summed E-state index contributed by atoms with van der Waals surface area (Å²) in [5.74, 6) is 0. The van der Waals surface area contributed by atoms with E-state index in [2.05, 4.69) is 15.9 Å². The molecule has 3 rings (SSSR count). The topological polar surface area (TPSA) is 43.1 Å². The Balaban J connectivity index is 2.42. The molecule has 0 saturated heterocycles. The summed E-state index contributed by atoms with van der Waals surface area (Å²) in [7, 11) is 0. The van der Waals surface area contributed by atoms with Crippen molar-refractivity contribution in [3.63, 3.8) is 0 Å². The maximum atomic E-state index is 11.0. The molecule has 4 heteroatoms. The van der Waals surface area contributed by atoms with Gasteiger partial charge in [0.1, 0.15) is 0 Å². The van der Waals surface area contributed by atoms with Crippen LogP contribution in [0.2, 0.25) is 0 Å². The van der Waals surface area contributed by atoms with E-state index in [0.29, 0.717) is 5.57 Å². The van der Waals surface area contributed by atoms with Gasteiger partial charge in [-0.05, 0) is 22.3 Å². The molecule has 0 amide bonds. The Morgan fingerprint density at radius 3 is 1.67 bits per heavy atom. The molecule has 88 valence electrons. The molecule has 1 aliphatic rings. The van der Waals surface area contributed by atoms with Crippen molar-refractivity contribution in [2.75, 3.05) is 0 Å². The van der Waals surface area contributed by atoms with Gasteiger partial charge in [0.05, 0.1) is 10.5 Å². The molecule has 18 heavy (non-hydrogen) atoms. The van der Waals surface area contributed by atoms with Crippen LogP contribution in [-0.4, -0.2) is 4.92 Å². The molecule has 0 radical (unpaired) electrons. The van der Waals surface area contributed by atoms with Crippen LogP contribution in [0.1, 0.15) is 11.1 Å². The highest BCUT2D eigenvalue weighted by atomic mass is 79.9. The van der Waals surface area contributed by atoms with Crippen molar-refractivity contribution in [2.45, 2.75) is 0 Å². The molecule has 0 bridgehead atoms. The van der Waals surface area contributed by atoms with E-state index < -0.39 is 4.92 Å². The maximum absolute atomic E-state index is 11.0. The van der Waals surface area contributed by atoms with Crippen LogP contribution < -0.4 is 0 Å². The molecule has 0 aromatic heterocycles. The fourth-order valence-electron chi connectivity index (χ4n) is 2.33. The number of nitrogens with zero attached hydrogens (tertiary/aromatic N) is 1. The van der Waals surface area contributed by atoms with E-state index in [4.69, 9.17) is 0 Å². The van der Waals surface area contributed by atoms with Crippen LogP contribution in [0.5, 0.6) is 0 Å². The monoisotopic (exact) mass is 301 g/mol. The number of fused-ring (bicyclic) bond motifs is 3. The molecule has 1 aliphatic carbocycles. The Bertz CT molecular complexity index is 644. The summed E-state index contributed by atoms with van der Waals surface area (Å²) in [4.78, 5) is 10.6. The van der Waals surface area contributed by atoms with Crippen molar-refractivity contribution in [1.82, 2.24) is 0 Å². The van der Waals surface area contributed by atoms with Gasteiger partial charge < -0.3 is 0 Å². The van der Waals surface area contributed by atoms with Crippen molar-refractivity contribution >= 4 is 21.5 Å². The first-order valence-electron chi connectivity index (χ1n) is 5.43. The summed E-state index contributed by atoms with van der Waals surface area (Å²) in [5.41, 5.74) is 4.56. The summed E-state index contributed by atoms with van der Waals surface area (Å²) >= 11 is 3.09. The molecule has 2 aromatic rings. The van der Waals surface area contributed by atoms with E-state index in [0.717, 1.165) is 22.3 Å². The minimum Gasteiger partial charge on any atom is -0.258 e. The van der Waals surface area contributed by atoms with Gasteiger partial charge >= 0.3 is 4.61 Å². The molecule has 0 unspecified atom stereocenters. The maximum Gasteiger partial charge on any atom is 0.319 e. The van der Waals surface area contributed by atoms with Crippen LogP contribution in [-0.2, 0) is 0 Å². The lowest BCUT2D eigenvalue weighted by Crippen LogP contribution is -1.95. The zero-order valence-electron chi connectivity index (χ0n) is 9.26. The SMILES string of the molecule is O=[N+]([O-])C(Br)=C1c2ccccc2-c2ccccc21. The first kappa shape index (κ1) is 11.2. The number of nitro groups is 1. The minimum absolute atomic E-state index is 0.0138. The Kier molecular flexibility index (Phi) is 2.52. The van der Waals surface area contributed by atoms with Gasteiger partial charge in [-0.1, -0.05) is 48.5 Å². The second kappa shape index (κ2) is 4.07. The molecule has 0 saturated carbocycles. The first-order chi connectivity index (χ1) is 8.70. The van der Waals surface area contributed by atoms with Crippen LogP contribution in [0.25, 0.3) is 16.7 Å². The van der Waals surface area contributed by atoms with Gasteiger partial charge in [-0.3, -0.25) is 10.1 Å². The Morgan fingerprint density at radius 2 is 1.28 bits per heavy atom. The molecule has 0 atom stereocenters. The normalized spacial score (nSPS) is 11.9. The van der Waals surface area contributed by atoms with E-state index in [-0.39, 0.29) is 4.61 Å². The summed E-state index contributed by atoms with van der Waals surface area (Å²) in [5, 5.41) is 11.0. The van der Waals surface area contributed by atoms with Crippen LogP contribution in [0.3, 0.4) is 0 Å².